The third-order valence-electron chi connectivity index (χ3n) is 3.99. The molecule has 0 saturated heterocycles. The van der Waals surface area contributed by atoms with E-state index in [1.54, 1.807) is 0 Å². The highest BCUT2D eigenvalue weighted by Crippen LogP contribution is 2.40. The third kappa shape index (κ3) is 2.59. The van der Waals surface area contributed by atoms with Crippen LogP contribution in [0.1, 0.15) is 17.4 Å². The van der Waals surface area contributed by atoms with E-state index in [1.807, 2.05) is 36.6 Å². The normalized spacial score (nSPS) is 16.8. The lowest BCUT2D eigenvalue weighted by atomic mass is 10.1. The molecule has 112 valence electrons. The molecule has 3 aromatic carbocycles. The molecule has 0 aromatic heterocycles. The number of rotatable bonds is 3. The van der Waals surface area contributed by atoms with Crippen LogP contribution in [0.25, 0.3) is 5.70 Å². The molecule has 1 unspecified atom stereocenters. The van der Waals surface area contributed by atoms with Gasteiger partial charge in [0.15, 0.2) is 0 Å². The van der Waals surface area contributed by atoms with Crippen molar-refractivity contribution in [2.24, 2.45) is 0 Å². The van der Waals surface area contributed by atoms with Gasteiger partial charge >= 0.3 is 0 Å². The molecule has 2 nitrogen and oxygen atoms in total. The molecule has 0 radical (unpaired) electrons. The van der Waals surface area contributed by atoms with Crippen molar-refractivity contribution in [2.45, 2.75) is 6.23 Å². The molecule has 1 aliphatic rings. The molecule has 1 atom stereocenters. The molecular weight excluding hydrogens is 282 g/mol. The first kappa shape index (κ1) is 13.6. The number of anilines is 1. The van der Waals surface area contributed by atoms with Crippen molar-refractivity contribution in [3.05, 3.63) is 108 Å². The van der Waals surface area contributed by atoms with E-state index in [0.717, 1.165) is 22.5 Å². The van der Waals surface area contributed by atoms with E-state index in [4.69, 9.17) is 4.74 Å². The first-order valence-corrected chi connectivity index (χ1v) is 7.74. The Bertz CT molecular complexity index is 797. The second-order valence-corrected chi connectivity index (χ2v) is 5.47. The van der Waals surface area contributed by atoms with Gasteiger partial charge in [0.1, 0.15) is 6.26 Å². The lowest BCUT2D eigenvalue weighted by molar-refractivity contribution is 0.174. The van der Waals surface area contributed by atoms with Gasteiger partial charge in [-0.1, -0.05) is 78.9 Å². The largest absolute Gasteiger partial charge is 0.471 e. The molecule has 0 saturated carbocycles. The number of hydrogen-bond donors (Lipinski definition) is 0. The number of ether oxygens (including phenoxy) is 1. The maximum Gasteiger partial charge on any atom is 0.202 e. The highest BCUT2D eigenvalue weighted by atomic mass is 16.5. The quantitative estimate of drug-likeness (QED) is 0.657. The SMILES string of the molecule is C1=C(c2ccccc2)N(c2ccccc2)C(c2ccccc2)O1. The van der Waals surface area contributed by atoms with Crippen molar-refractivity contribution in [3.63, 3.8) is 0 Å². The van der Waals surface area contributed by atoms with Crippen molar-refractivity contribution in [1.82, 2.24) is 0 Å². The number of nitrogens with zero attached hydrogens (tertiary/aromatic N) is 1. The summed E-state index contributed by atoms with van der Waals surface area (Å²) in [5.74, 6) is 0. The van der Waals surface area contributed by atoms with E-state index in [-0.39, 0.29) is 6.23 Å². The highest BCUT2D eigenvalue weighted by Gasteiger charge is 2.31. The van der Waals surface area contributed by atoms with Crippen molar-refractivity contribution >= 4 is 11.4 Å². The first-order valence-electron chi connectivity index (χ1n) is 7.74. The van der Waals surface area contributed by atoms with Gasteiger partial charge in [-0.25, -0.2) is 0 Å². The molecule has 0 N–H and O–H groups in total. The van der Waals surface area contributed by atoms with Crippen LogP contribution in [0, 0.1) is 0 Å². The number of benzene rings is 3. The molecule has 0 aliphatic carbocycles. The zero-order valence-corrected chi connectivity index (χ0v) is 12.7. The summed E-state index contributed by atoms with van der Waals surface area (Å²) in [6, 6.07) is 31.0. The average Bonchev–Trinajstić information content (AvgIpc) is 3.09. The molecule has 23 heavy (non-hydrogen) atoms. The molecule has 0 spiro atoms. The minimum atomic E-state index is -0.145. The van der Waals surface area contributed by atoms with E-state index in [2.05, 4.69) is 65.6 Å². The molecule has 4 rings (SSSR count). The molecule has 0 fully saturated rings. The van der Waals surface area contributed by atoms with Crippen LogP contribution in [-0.4, -0.2) is 0 Å². The molecule has 3 aromatic rings. The minimum Gasteiger partial charge on any atom is -0.471 e. The van der Waals surface area contributed by atoms with Gasteiger partial charge in [-0.3, -0.25) is 4.90 Å². The van der Waals surface area contributed by atoms with Crippen molar-refractivity contribution in [3.8, 4) is 0 Å². The minimum absolute atomic E-state index is 0.145. The highest BCUT2D eigenvalue weighted by molar-refractivity contribution is 5.81. The second kappa shape index (κ2) is 6.01. The van der Waals surface area contributed by atoms with E-state index in [1.165, 1.54) is 0 Å². The fourth-order valence-corrected chi connectivity index (χ4v) is 2.90. The zero-order valence-electron chi connectivity index (χ0n) is 12.7. The summed E-state index contributed by atoms with van der Waals surface area (Å²) in [6.07, 6.45) is 1.72. The predicted octanol–water partition coefficient (Wildman–Crippen LogP) is 5.22. The molecule has 2 heteroatoms. The Morgan fingerprint density at radius 2 is 1.22 bits per heavy atom. The summed E-state index contributed by atoms with van der Waals surface area (Å²) in [6.45, 7) is 0. The van der Waals surface area contributed by atoms with Crippen molar-refractivity contribution < 1.29 is 4.74 Å². The maximum atomic E-state index is 6.04. The van der Waals surface area contributed by atoms with Crippen LogP contribution in [0.3, 0.4) is 0 Å². The van der Waals surface area contributed by atoms with Gasteiger partial charge in [-0.15, -0.1) is 0 Å². The molecule has 1 heterocycles. The topological polar surface area (TPSA) is 12.5 Å². The smallest absolute Gasteiger partial charge is 0.202 e. The zero-order chi connectivity index (χ0) is 15.5. The van der Waals surface area contributed by atoms with Crippen LogP contribution < -0.4 is 4.90 Å². The van der Waals surface area contributed by atoms with Gasteiger partial charge in [0.25, 0.3) is 0 Å². The summed E-state index contributed by atoms with van der Waals surface area (Å²) in [7, 11) is 0. The van der Waals surface area contributed by atoms with Crippen molar-refractivity contribution in [1.29, 1.82) is 0 Å². The van der Waals surface area contributed by atoms with Crippen LogP contribution in [-0.2, 0) is 4.74 Å². The third-order valence-corrected chi connectivity index (χ3v) is 3.99. The van der Waals surface area contributed by atoms with Gasteiger partial charge < -0.3 is 4.74 Å². The Balaban J connectivity index is 1.79. The Hall–Kier alpha value is -3.00. The van der Waals surface area contributed by atoms with Gasteiger partial charge in [0.05, 0.1) is 5.70 Å². The number of hydrogen-bond acceptors (Lipinski definition) is 2. The molecule has 0 amide bonds. The van der Waals surface area contributed by atoms with E-state index < -0.39 is 0 Å². The van der Waals surface area contributed by atoms with Crippen LogP contribution in [0.4, 0.5) is 5.69 Å². The van der Waals surface area contributed by atoms with Crippen LogP contribution >= 0.6 is 0 Å². The fraction of sp³-hybridized carbons (Fsp3) is 0.0476. The Labute approximate surface area is 136 Å². The summed E-state index contributed by atoms with van der Waals surface area (Å²) < 4.78 is 6.04. The Morgan fingerprint density at radius 1 is 0.652 bits per heavy atom. The lowest BCUT2D eigenvalue weighted by Gasteiger charge is -2.28. The molecule has 1 aliphatic heterocycles. The Kier molecular flexibility index (Phi) is 3.57. The van der Waals surface area contributed by atoms with E-state index in [9.17, 15) is 0 Å². The maximum absolute atomic E-state index is 6.04. The summed E-state index contributed by atoms with van der Waals surface area (Å²) in [5, 5.41) is 0. The van der Waals surface area contributed by atoms with E-state index in [0.29, 0.717) is 0 Å². The summed E-state index contributed by atoms with van der Waals surface area (Å²) in [4.78, 5) is 2.24. The summed E-state index contributed by atoms with van der Waals surface area (Å²) >= 11 is 0. The molecular formula is C21H17NO. The van der Waals surface area contributed by atoms with Gasteiger partial charge in [0.2, 0.25) is 6.23 Å². The standard InChI is InChI=1S/C21H17NO/c1-4-10-17(11-5-1)20-16-23-21(18-12-6-2-7-13-18)22(20)19-14-8-3-9-15-19/h1-16,21H. The van der Waals surface area contributed by atoms with Crippen LogP contribution in [0.15, 0.2) is 97.3 Å². The second-order valence-electron chi connectivity index (χ2n) is 5.47. The van der Waals surface area contributed by atoms with Gasteiger partial charge in [-0.2, -0.15) is 0 Å². The Morgan fingerprint density at radius 3 is 1.87 bits per heavy atom. The van der Waals surface area contributed by atoms with Crippen molar-refractivity contribution in [2.75, 3.05) is 4.90 Å². The first-order chi connectivity index (χ1) is 11.4. The molecule has 0 bridgehead atoms. The lowest BCUT2D eigenvalue weighted by Crippen LogP contribution is -2.23. The monoisotopic (exact) mass is 299 g/mol. The van der Waals surface area contributed by atoms with Gasteiger partial charge in [-0.05, 0) is 12.1 Å². The average molecular weight is 299 g/mol. The fourth-order valence-electron chi connectivity index (χ4n) is 2.90. The van der Waals surface area contributed by atoms with E-state index >= 15 is 0 Å². The van der Waals surface area contributed by atoms with Crippen LogP contribution in [0.2, 0.25) is 0 Å². The van der Waals surface area contributed by atoms with Crippen LogP contribution in [0.5, 0.6) is 0 Å². The predicted molar refractivity (Wildman–Crippen MR) is 93.6 cm³/mol. The van der Waals surface area contributed by atoms with Gasteiger partial charge in [0, 0.05) is 16.8 Å². The number of para-hydroxylation sites is 1. The summed E-state index contributed by atoms with van der Waals surface area (Å²) in [5.41, 5.74) is 4.48.